The van der Waals surface area contributed by atoms with Gasteiger partial charge in [-0.3, -0.25) is 4.79 Å². The van der Waals surface area contributed by atoms with Crippen LogP contribution in [0.3, 0.4) is 0 Å². The molecule has 0 aliphatic heterocycles. The molecule has 0 aromatic rings. The van der Waals surface area contributed by atoms with E-state index in [1.165, 1.54) is 18.9 Å². The molecule has 0 saturated heterocycles. The van der Waals surface area contributed by atoms with E-state index in [9.17, 15) is 4.79 Å². The maximum atomic E-state index is 16.0. The van der Waals surface area contributed by atoms with Crippen LogP contribution in [0.5, 0.6) is 0 Å². The molecular weight excluding hydrogens is 418 g/mol. The molecule has 0 aromatic carbocycles. The maximum absolute atomic E-state index is 16.0. The molecule has 0 heterocycles. The van der Waals surface area contributed by atoms with Crippen molar-refractivity contribution in [3.05, 3.63) is 11.6 Å². The van der Waals surface area contributed by atoms with E-state index in [0.717, 1.165) is 44.9 Å². The third-order valence-corrected chi connectivity index (χ3v) is 10.9. The summed E-state index contributed by atoms with van der Waals surface area (Å²) < 4.78 is 37.4. The number of carbonyl (C=O) groups excluding carboxylic acids is 1. The Bertz CT molecular complexity index is 772. The van der Waals surface area contributed by atoms with E-state index in [1.54, 1.807) is 0 Å². The lowest BCUT2D eigenvalue weighted by atomic mass is 9.43. The maximum Gasteiger partial charge on any atom is 0.302 e. The molecular formula is C29H46F2O2. The van der Waals surface area contributed by atoms with Crippen LogP contribution in [0, 0.1) is 46.3 Å². The predicted molar refractivity (Wildman–Crippen MR) is 129 cm³/mol. The average molecular weight is 465 g/mol. The number of hydrogen-bond donors (Lipinski definition) is 0. The number of halogens is 2. The minimum absolute atomic E-state index is 0.0181. The first kappa shape index (κ1) is 25.2. The van der Waals surface area contributed by atoms with E-state index >= 15 is 8.78 Å². The fourth-order valence-corrected chi connectivity index (χ4v) is 9.27. The van der Waals surface area contributed by atoms with Crippen LogP contribution in [0.15, 0.2) is 11.6 Å². The number of hydrogen-bond acceptors (Lipinski definition) is 2. The molecule has 188 valence electrons. The minimum atomic E-state index is -2.61. The van der Waals surface area contributed by atoms with Crippen LogP contribution in [-0.4, -0.2) is 18.0 Å². The largest absolute Gasteiger partial charge is 0.463 e. The molecule has 9 atom stereocenters. The van der Waals surface area contributed by atoms with E-state index in [2.05, 4.69) is 40.7 Å². The van der Waals surface area contributed by atoms with Crippen molar-refractivity contribution in [2.75, 3.05) is 0 Å². The molecule has 33 heavy (non-hydrogen) atoms. The molecule has 0 radical (unpaired) electrons. The summed E-state index contributed by atoms with van der Waals surface area (Å²) in [5.74, 6) is -2.02. The molecule has 0 spiro atoms. The quantitative estimate of drug-likeness (QED) is 0.303. The predicted octanol–water partition coefficient (Wildman–Crippen LogP) is 8.20. The van der Waals surface area contributed by atoms with Crippen molar-refractivity contribution in [3.63, 3.8) is 0 Å². The molecule has 4 aliphatic rings. The number of esters is 1. The Morgan fingerprint density at radius 3 is 2.36 bits per heavy atom. The summed E-state index contributed by atoms with van der Waals surface area (Å²) in [4.78, 5) is 11.5. The van der Waals surface area contributed by atoms with E-state index in [4.69, 9.17) is 4.74 Å². The van der Waals surface area contributed by atoms with E-state index in [0.29, 0.717) is 18.3 Å². The van der Waals surface area contributed by atoms with Gasteiger partial charge in [-0.25, -0.2) is 8.78 Å². The van der Waals surface area contributed by atoms with Gasteiger partial charge in [0.15, 0.2) is 0 Å². The molecule has 1 unspecified atom stereocenters. The van der Waals surface area contributed by atoms with Crippen molar-refractivity contribution in [3.8, 4) is 0 Å². The van der Waals surface area contributed by atoms with Crippen molar-refractivity contribution in [2.45, 2.75) is 118 Å². The summed E-state index contributed by atoms with van der Waals surface area (Å²) in [6.07, 6.45) is 10.9. The summed E-state index contributed by atoms with van der Waals surface area (Å²) in [6.45, 7) is 12.8. The summed E-state index contributed by atoms with van der Waals surface area (Å²) in [7, 11) is 0. The van der Waals surface area contributed by atoms with Crippen LogP contribution in [0.4, 0.5) is 8.78 Å². The van der Waals surface area contributed by atoms with Crippen LogP contribution < -0.4 is 0 Å². The van der Waals surface area contributed by atoms with Crippen molar-refractivity contribution in [1.82, 2.24) is 0 Å². The zero-order chi connectivity index (χ0) is 24.2. The number of fused-ring (bicyclic) bond motifs is 5. The number of rotatable bonds is 5. The van der Waals surface area contributed by atoms with Gasteiger partial charge in [0.05, 0.1) is 0 Å². The zero-order valence-corrected chi connectivity index (χ0v) is 21.8. The Balaban J connectivity index is 1.54. The van der Waals surface area contributed by atoms with Gasteiger partial charge < -0.3 is 4.74 Å². The Hall–Kier alpha value is -0.930. The SMILES string of the molecule is CC(=O)O[C@H]1CC[C@@]2(C)[C@H](C1)CC(F)(F)[C@@H]1[C@@H]2CC[C@]2(C)[C@@H](C(C)CCC=C(C)C)CC[C@@H]12. The highest BCUT2D eigenvalue weighted by atomic mass is 19.3. The van der Waals surface area contributed by atoms with Gasteiger partial charge in [0, 0.05) is 19.3 Å². The average Bonchev–Trinajstić information content (AvgIpc) is 3.05. The van der Waals surface area contributed by atoms with Crippen molar-refractivity contribution >= 4 is 5.97 Å². The number of alkyl halides is 2. The van der Waals surface area contributed by atoms with Crippen molar-refractivity contribution < 1.29 is 18.3 Å². The number of ether oxygens (including phenoxy) is 1. The molecule has 4 rings (SSSR count). The van der Waals surface area contributed by atoms with Gasteiger partial charge in [0.2, 0.25) is 0 Å². The molecule has 4 fully saturated rings. The fraction of sp³-hybridized carbons (Fsp3) is 0.897. The zero-order valence-electron chi connectivity index (χ0n) is 21.8. The molecule has 0 amide bonds. The molecule has 0 N–H and O–H groups in total. The normalized spacial score (nSPS) is 44.7. The third kappa shape index (κ3) is 4.42. The summed E-state index contributed by atoms with van der Waals surface area (Å²) in [5, 5.41) is 0. The van der Waals surface area contributed by atoms with Gasteiger partial charge in [0.25, 0.3) is 5.92 Å². The first-order valence-electron chi connectivity index (χ1n) is 13.6. The second-order valence-corrected chi connectivity index (χ2v) is 13.0. The van der Waals surface area contributed by atoms with Crippen LogP contribution in [-0.2, 0) is 9.53 Å². The standard InChI is InChI=1S/C29H46F2O2/c1-18(2)8-7-9-19(3)23-10-11-24-26-25(13-15-28(23,24)6)27(5)14-12-22(33-20(4)32)16-21(27)17-29(26,30)31/h8,19,21-26H,7,9-17H2,1-6H3/t19?,21-,22+,23-,24+,25+,26+,27+,28-/m1/s1. The molecule has 2 nitrogen and oxygen atoms in total. The summed E-state index contributed by atoms with van der Waals surface area (Å²) in [5.41, 5.74) is 1.37. The van der Waals surface area contributed by atoms with Gasteiger partial charge >= 0.3 is 5.97 Å². The first-order valence-corrected chi connectivity index (χ1v) is 13.6. The highest BCUT2D eigenvalue weighted by Gasteiger charge is 2.68. The number of carbonyl (C=O) groups is 1. The first-order chi connectivity index (χ1) is 15.4. The Kier molecular flexibility index (Phi) is 6.82. The fourth-order valence-electron chi connectivity index (χ4n) is 9.27. The van der Waals surface area contributed by atoms with Crippen LogP contribution in [0.25, 0.3) is 0 Å². The van der Waals surface area contributed by atoms with Gasteiger partial charge in [-0.05, 0) is 112 Å². The molecule has 0 aromatic heterocycles. The van der Waals surface area contributed by atoms with E-state index in [1.807, 2.05) is 0 Å². The second kappa shape index (κ2) is 8.94. The highest BCUT2D eigenvalue weighted by Crippen LogP contribution is 2.71. The number of allylic oxidation sites excluding steroid dienone is 2. The Morgan fingerprint density at radius 1 is 1.03 bits per heavy atom. The lowest BCUT2D eigenvalue weighted by Gasteiger charge is -2.63. The molecule has 4 heteroatoms. The lowest BCUT2D eigenvalue weighted by Crippen LogP contribution is -2.61. The van der Waals surface area contributed by atoms with E-state index in [-0.39, 0.29) is 47.1 Å². The molecule has 0 bridgehead atoms. The summed E-state index contributed by atoms with van der Waals surface area (Å²) in [6, 6.07) is 0. The van der Waals surface area contributed by atoms with Crippen LogP contribution in [0.1, 0.15) is 106 Å². The summed E-state index contributed by atoms with van der Waals surface area (Å²) >= 11 is 0. The van der Waals surface area contributed by atoms with Crippen LogP contribution >= 0.6 is 0 Å². The van der Waals surface area contributed by atoms with Crippen molar-refractivity contribution in [1.29, 1.82) is 0 Å². The lowest BCUT2D eigenvalue weighted by molar-refractivity contribution is -0.239. The van der Waals surface area contributed by atoms with Gasteiger partial charge in [-0.2, -0.15) is 0 Å². The van der Waals surface area contributed by atoms with E-state index < -0.39 is 11.8 Å². The third-order valence-electron chi connectivity index (χ3n) is 10.9. The highest BCUT2D eigenvalue weighted by molar-refractivity contribution is 5.66. The monoisotopic (exact) mass is 464 g/mol. The smallest absolute Gasteiger partial charge is 0.302 e. The minimum Gasteiger partial charge on any atom is -0.463 e. The van der Waals surface area contributed by atoms with Gasteiger partial charge in [-0.1, -0.05) is 32.4 Å². The molecule has 4 saturated carbocycles. The second-order valence-electron chi connectivity index (χ2n) is 13.0. The molecule has 4 aliphatic carbocycles. The topological polar surface area (TPSA) is 26.3 Å². The Morgan fingerprint density at radius 2 is 1.70 bits per heavy atom. The van der Waals surface area contributed by atoms with Gasteiger partial charge in [0.1, 0.15) is 6.10 Å². The van der Waals surface area contributed by atoms with Crippen LogP contribution in [0.2, 0.25) is 0 Å². The Labute approximate surface area is 200 Å². The van der Waals surface area contributed by atoms with Crippen molar-refractivity contribution in [2.24, 2.45) is 46.3 Å². The van der Waals surface area contributed by atoms with Gasteiger partial charge in [-0.15, -0.1) is 0 Å².